The van der Waals surface area contributed by atoms with Crippen LogP contribution in [0.2, 0.25) is 0 Å². The predicted octanol–water partition coefficient (Wildman–Crippen LogP) is 1.50. The summed E-state index contributed by atoms with van der Waals surface area (Å²) in [7, 11) is -3.44. The van der Waals surface area contributed by atoms with E-state index in [1.807, 2.05) is 0 Å². The summed E-state index contributed by atoms with van der Waals surface area (Å²) in [5.74, 6) is -0.250. The summed E-state index contributed by atoms with van der Waals surface area (Å²) in [4.78, 5) is 11.4. The molecular weight excluding hydrogens is 252 g/mol. The lowest BCUT2D eigenvalue weighted by Crippen LogP contribution is -2.23. The number of hydrogen-bond acceptors (Lipinski definition) is 3. The van der Waals surface area contributed by atoms with Crippen LogP contribution in [0.5, 0.6) is 0 Å². The van der Waals surface area contributed by atoms with E-state index < -0.39 is 10.0 Å². The summed E-state index contributed by atoms with van der Waals surface area (Å²) in [6, 6.07) is 5.99. The highest BCUT2D eigenvalue weighted by Gasteiger charge is 2.11. The normalized spacial score (nSPS) is 11.7. The molecule has 1 rings (SSSR count). The fourth-order valence-corrected chi connectivity index (χ4v) is 2.37. The van der Waals surface area contributed by atoms with Gasteiger partial charge in [-0.25, -0.2) is 13.1 Å². The molecule has 0 atom stereocenters. The number of nitrogens with one attached hydrogen (secondary N) is 2. The Bertz CT molecular complexity index is 533. The second-order valence-corrected chi connectivity index (χ2v) is 5.28. The Morgan fingerprint density at radius 3 is 2.39 bits per heavy atom. The van der Waals surface area contributed by atoms with Gasteiger partial charge in [0.1, 0.15) is 0 Å². The van der Waals surface area contributed by atoms with Gasteiger partial charge in [-0.1, -0.05) is 13.0 Å². The number of carbonyl (C=O) groups is 1. The minimum absolute atomic E-state index is 0.174. The van der Waals surface area contributed by atoms with E-state index in [0.29, 0.717) is 12.2 Å². The van der Waals surface area contributed by atoms with E-state index in [2.05, 4.69) is 10.0 Å². The number of allylic oxidation sites excluding steroid dienone is 1. The topological polar surface area (TPSA) is 75.3 Å². The molecule has 1 aromatic carbocycles. The number of carbonyl (C=O) groups excluding carboxylic acids is 1. The van der Waals surface area contributed by atoms with Crippen LogP contribution in [-0.2, 0) is 14.8 Å². The van der Waals surface area contributed by atoms with Gasteiger partial charge in [0.05, 0.1) is 4.90 Å². The Balaban J connectivity index is 2.84. The minimum atomic E-state index is -3.44. The maximum absolute atomic E-state index is 11.7. The van der Waals surface area contributed by atoms with E-state index in [1.54, 1.807) is 32.1 Å². The number of benzene rings is 1. The van der Waals surface area contributed by atoms with Gasteiger partial charge in [-0.05, 0) is 37.3 Å². The van der Waals surface area contributed by atoms with E-state index in [-0.39, 0.29) is 10.8 Å². The fourth-order valence-electron chi connectivity index (χ4n) is 1.33. The Morgan fingerprint density at radius 1 is 1.28 bits per heavy atom. The van der Waals surface area contributed by atoms with Crippen molar-refractivity contribution >= 4 is 21.6 Å². The van der Waals surface area contributed by atoms with Crippen LogP contribution in [0.25, 0.3) is 0 Å². The molecule has 2 N–H and O–H groups in total. The lowest BCUT2D eigenvalue weighted by molar-refractivity contribution is -0.111. The van der Waals surface area contributed by atoms with Crippen LogP contribution in [-0.4, -0.2) is 20.9 Å². The molecule has 0 heterocycles. The zero-order valence-electron chi connectivity index (χ0n) is 10.3. The smallest absolute Gasteiger partial charge is 0.248 e. The summed E-state index contributed by atoms with van der Waals surface area (Å²) < 4.78 is 25.7. The summed E-state index contributed by atoms with van der Waals surface area (Å²) in [6.07, 6.45) is 3.02. The third-order valence-electron chi connectivity index (χ3n) is 2.08. The summed E-state index contributed by atoms with van der Waals surface area (Å²) in [5, 5.41) is 2.61. The molecule has 0 bridgehead atoms. The summed E-state index contributed by atoms with van der Waals surface area (Å²) in [5.41, 5.74) is 0.550. The van der Waals surface area contributed by atoms with Crippen LogP contribution in [0.15, 0.2) is 41.3 Å². The van der Waals surface area contributed by atoms with Crippen molar-refractivity contribution in [2.75, 3.05) is 11.9 Å². The number of anilines is 1. The molecule has 0 aromatic heterocycles. The highest BCUT2D eigenvalue weighted by molar-refractivity contribution is 7.89. The largest absolute Gasteiger partial charge is 0.323 e. The Morgan fingerprint density at radius 2 is 1.89 bits per heavy atom. The van der Waals surface area contributed by atoms with Crippen LogP contribution in [0, 0.1) is 0 Å². The van der Waals surface area contributed by atoms with Gasteiger partial charge in [-0.15, -0.1) is 0 Å². The zero-order valence-corrected chi connectivity index (χ0v) is 11.1. The van der Waals surface area contributed by atoms with Gasteiger partial charge < -0.3 is 5.32 Å². The molecular formula is C12H16N2O3S. The third-order valence-corrected chi connectivity index (χ3v) is 3.65. The van der Waals surface area contributed by atoms with Crippen molar-refractivity contribution in [3.8, 4) is 0 Å². The van der Waals surface area contributed by atoms with E-state index in [4.69, 9.17) is 0 Å². The van der Waals surface area contributed by atoms with Gasteiger partial charge in [0, 0.05) is 12.2 Å². The van der Waals surface area contributed by atoms with E-state index in [9.17, 15) is 13.2 Å². The molecule has 1 amide bonds. The van der Waals surface area contributed by atoms with E-state index in [1.165, 1.54) is 18.2 Å². The van der Waals surface area contributed by atoms with Gasteiger partial charge in [0.2, 0.25) is 15.9 Å². The van der Waals surface area contributed by atoms with Crippen molar-refractivity contribution < 1.29 is 13.2 Å². The van der Waals surface area contributed by atoms with Crippen molar-refractivity contribution in [2.45, 2.75) is 18.7 Å². The van der Waals surface area contributed by atoms with Crippen molar-refractivity contribution in [1.82, 2.24) is 4.72 Å². The molecule has 98 valence electrons. The van der Waals surface area contributed by atoms with Gasteiger partial charge in [0.25, 0.3) is 0 Å². The molecule has 0 spiro atoms. The molecule has 0 unspecified atom stereocenters. The molecule has 0 aliphatic rings. The average molecular weight is 268 g/mol. The molecule has 0 aliphatic carbocycles. The first-order valence-electron chi connectivity index (χ1n) is 5.53. The van der Waals surface area contributed by atoms with Crippen molar-refractivity contribution in [2.24, 2.45) is 0 Å². The molecule has 6 heteroatoms. The van der Waals surface area contributed by atoms with Crippen molar-refractivity contribution in [3.05, 3.63) is 36.4 Å². The van der Waals surface area contributed by atoms with Crippen LogP contribution >= 0.6 is 0 Å². The quantitative estimate of drug-likeness (QED) is 0.795. The Hall–Kier alpha value is -1.66. The zero-order chi connectivity index (χ0) is 13.6. The number of sulfonamides is 1. The maximum atomic E-state index is 11.7. The summed E-state index contributed by atoms with van der Waals surface area (Å²) >= 11 is 0. The first-order valence-corrected chi connectivity index (χ1v) is 7.01. The number of amides is 1. The predicted molar refractivity (Wildman–Crippen MR) is 70.7 cm³/mol. The first-order chi connectivity index (χ1) is 8.49. The maximum Gasteiger partial charge on any atom is 0.248 e. The van der Waals surface area contributed by atoms with Crippen LogP contribution in [0.1, 0.15) is 13.8 Å². The second kappa shape index (κ2) is 6.32. The Labute approximate surface area is 107 Å². The highest BCUT2D eigenvalue weighted by Crippen LogP contribution is 2.13. The lowest BCUT2D eigenvalue weighted by Gasteiger charge is -2.06. The lowest BCUT2D eigenvalue weighted by atomic mass is 10.3. The molecule has 0 fully saturated rings. The molecule has 0 saturated carbocycles. The average Bonchev–Trinajstić information content (AvgIpc) is 2.30. The monoisotopic (exact) mass is 268 g/mol. The van der Waals surface area contributed by atoms with Gasteiger partial charge in [-0.2, -0.15) is 0 Å². The molecule has 1 aromatic rings. The minimum Gasteiger partial charge on any atom is -0.323 e. The van der Waals surface area contributed by atoms with Crippen molar-refractivity contribution in [3.63, 3.8) is 0 Å². The van der Waals surface area contributed by atoms with E-state index >= 15 is 0 Å². The van der Waals surface area contributed by atoms with Crippen LogP contribution < -0.4 is 10.0 Å². The molecule has 0 aliphatic heterocycles. The highest BCUT2D eigenvalue weighted by atomic mass is 32.2. The first kappa shape index (κ1) is 14.4. The second-order valence-electron chi connectivity index (χ2n) is 3.51. The number of hydrogen-bond donors (Lipinski definition) is 2. The molecule has 0 radical (unpaired) electrons. The molecule has 0 saturated heterocycles. The van der Waals surface area contributed by atoms with Crippen LogP contribution in [0.4, 0.5) is 5.69 Å². The molecule has 18 heavy (non-hydrogen) atoms. The van der Waals surface area contributed by atoms with Crippen molar-refractivity contribution in [1.29, 1.82) is 0 Å². The van der Waals surface area contributed by atoms with Gasteiger partial charge in [0.15, 0.2) is 0 Å². The van der Waals surface area contributed by atoms with Crippen LogP contribution in [0.3, 0.4) is 0 Å². The summed E-state index contributed by atoms with van der Waals surface area (Å²) in [6.45, 7) is 3.79. The van der Waals surface area contributed by atoms with E-state index in [0.717, 1.165) is 0 Å². The number of rotatable bonds is 5. The molecule has 5 nitrogen and oxygen atoms in total. The SMILES string of the molecule is C/C=C/C(=O)Nc1ccc(S(=O)(=O)NCC)cc1. The fraction of sp³-hybridized carbons (Fsp3) is 0.250. The standard InChI is InChI=1S/C12H16N2O3S/c1-3-5-12(15)14-10-6-8-11(9-7-10)18(16,17)13-4-2/h3,5-9,13H,4H2,1-2H3,(H,14,15)/b5-3+. The van der Waals surface area contributed by atoms with Gasteiger partial charge >= 0.3 is 0 Å². The van der Waals surface area contributed by atoms with Gasteiger partial charge in [-0.3, -0.25) is 4.79 Å². The third kappa shape index (κ3) is 3.97. The Kier molecular flexibility index (Phi) is 5.06.